The van der Waals surface area contributed by atoms with Crippen molar-refractivity contribution in [2.45, 2.75) is 0 Å². The number of nitrogens with one attached hydrogen (secondary N) is 1. The number of aromatic nitrogens is 2. The van der Waals surface area contributed by atoms with Crippen LogP contribution in [0, 0.1) is 0 Å². The van der Waals surface area contributed by atoms with Gasteiger partial charge in [0.25, 0.3) is 5.91 Å². The summed E-state index contributed by atoms with van der Waals surface area (Å²) < 4.78 is 0. The number of hydrogen-bond donors (Lipinski definition) is 1. The molecule has 0 atom stereocenters. The summed E-state index contributed by atoms with van der Waals surface area (Å²) in [7, 11) is 0. The summed E-state index contributed by atoms with van der Waals surface area (Å²) in [6, 6.07) is 16.1. The summed E-state index contributed by atoms with van der Waals surface area (Å²) in [5.74, 6) is 0.0877. The van der Waals surface area contributed by atoms with Crippen LogP contribution in [0.1, 0.15) is 10.4 Å². The van der Waals surface area contributed by atoms with Crippen LogP contribution in [-0.2, 0) is 0 Å². The Morgan fingerprint density at radius 3 is 2.52 bits per heavy atom. The Morgan fingerprint density at radius 2 is 1.74 bits per heavy atom. The number of benzene rings is 2. The topological polar surface area (TPSA) is 52.2 Å². The van der Waals surface area contributed by atoms with Crippen LogP contribution in [0.2, 0.25) is 0 Å². The van der Waals surface area contributed by atoms with E-state index in [1.165, 1.54) is 5.69 Å². The molecule has 116 valence electrons. The Bertz CT molecular complexity index is 819. The maximum absolute atomic E-state index is 12.8. The summed E-state index contributed by atoms with van der Waals surface area (Å²) in [5, 5.41) is 7.85. The van der Waals surface area contributed by atoms with Crippen LogP contribution >= 0.6 is 0 Å². The van der Waals surface area contributed by atoms with E-state index in [0.717, 1.165) is 42.6 Å². The molecule has 3 aromatic rings. The molecule has 5 nitrogen and oxygen atoms in total. The lowest BCUT2D eigenvalue weighted by Crippen LogP contribution is -2.48. The van der Waals surface area contributed by atoms with Gasteiger partial charge >= 0.3 is 0 Å². The third kappa shape index (κ3) is 2.54. The fourth-order valence-corrected chi connectivity index (χ4v) is 3.13. The van der Waals surface area contributed by atoms with E-state index >= 15 is 0 Å². The molecule has 2 heterocycles. The number of amides is 1. The molecule has 0 radical (unpaired) electrons. The Hall–Kier alpha value is -2.82. The number of aromatic amines is 1. The predicted octanol–water partition coefficient (Wildman–Crippen LogP) is 2.53. The molecule has 0 aliphatic carbocycles. The molecule has 0 bridgehead atoms. The van der Waals surface area contributed by atoms with Gasteiger partial charge in [0, 0.05) is 37.3 Å². The van der Waals surface area contributed by atoms with Crippen LogP contribution in [0.15, 0.2) is 54.7 Å². The van der Waals surface area contributed by atoms with Gasteiger partial charge in [-0.15, -0.1) is 0 Å². The van der Waals surface area contributed by atoms with Crippen LogP contribution in [0.4, 0.5) is 5.69 Å². The minimum Gasteiger partial charge on any atom is -0.368 e. The van der Waals surface area contributed by atoms with Crippen molar-refractivity contribution in [3.63, 3.8) is 0 Å². The molecule has 1 aromatic heterocycles. The lowest BCUT2D eigenvalue weighted by Gasteiger charge is -2.36. The molecule has 0 unspecified atom stereocenters. The smallest absolute Gasteiger partial charge is 0.254 e. The number of para-hydroxylation sites is 1. The molecule has 1 aliphatic heterocycles. The largest absolute Gasteiger partial charge is 0.368 e. The van der Waals surface area contributed by atoms with Crippen molar-refractivity contribution in [2.24, 2.45) is 0 Å². The fraction of sp³-hybridized carbons (Fsp3) is 0.222. The first-order chi connectivity index (χ1) is 11.3. The van der Waals surface area contributed by atoms with E-state index in [1.807, 2.05) is 41.3 Å². The zero-order chi connectivity index (χ0) is 15.6. The molecule has 1 fully saturated rings. The molecule has 0 spiro atoms. The van der Waals surface area contributed by atoms with E-state index in [0.29, 0.717) is 0 Å². The average Bonchev–Trinajstić information content (AvgIpc) is 3.11. The molecule has 2 aromatic carbocycles. The van der Waals surface area contributed by atoms with Gasteiger partial charge in [-0.2, -0.15) is 5.10 Å². The van der Waals surface area contributed by atoms with Gasteiger partial charge in [0.2, 0.25) is 0 Å². The molecule has 1 N–H and O–H groups in total. The zero-order valence-corrected chi connectivity index (χ0v) is 12.8. The zero-order valence-electron chi connectivity index (χ0n) is 12.8. The van der Waals surface area contributed by atoms with Crippen molar-refractivity contribution in [3.8, 4) is 0 Å². The second kappa shape index (κ2) is 5.76. The van der Waals surface area contributed by atoms with Crippen LogP contribution in [-0.4, -0.2) is 47.2 Å². The minimum absolute atomic E-state index is 0.0877. The highest BCUT2D eigenvalue weighted by molar-refractivity contribution is 6.06. The lowest BCUT2D eigenvalue weighted by atomic mass is 10.1. The van der Waals surface area contributed by atoms with Gasteiger partial charge in [-0.05, 0) is 24.3 Å². The molecular weight excluding hydrogens is 288 g/mol. The number of rotatable bonds is 2. The Balaban J connectivity index is 1.50. The number of fused-ring (bicyclic) bond motifs is 1. The van der Waals surface area contributed by atoms with Crippen LogP contribution in [0.25, 0.3) is 10.9 Å². The first-order valence-electron chi connectivity index (χ1n) is 7.84. The van der Waals surface area contributed by atoms with Crippen LogP contribution in [0.3, 0.4) is 0 Å². The monoisotopic (exact) mass is 306 g/mol. The standard InChI is InChI=1S/C18H18N4O/c23-18(15-7-4-8-17-16(15)13-19-20-17)22-11-9-21(10-12-22)14-5-2-1-3-6-14/h1-8,13H,9-12H2,(H,19,20). The minimum atomic E-state index is 0.0877. The Kier molecular flexibility index (Phi) is 3.46. The van der Waals surface area contributed by atoms with E-state index in [-0.39, 0.29) is 5.91 Å². The lowest BCUT2D eigenvalue weighted by molar-refractivity contribution is 0.0749. The van der Waals surface area contributed by atoms with Crippen molar-refractivity contribution in [1.29, 1.82) is 0 Å². The first-order valence-corrected chi connectivity index (χ1v) is 7.84. The summed E-state index contributed by atoms with van der Waals surface area (Å²) in [5.41, 5.74) is 2.85. The number of nitrogens with zero attached hydrogens (tertiary/aromatic N) is 3. The van der Waals surface area contributed by atoms with Crippen molar-refractivity contribution < 1.29 is 4.79 Å². The van der Waals surface area contributed by atoms with Crippen molar-refractivity contribution in [2.75, 3.05) is 31.1 Å². The molecule has 1 saturated heterocycles. The van der Waals surface area contributed by atoms with E-state index in [2.05, 4.69) is 27.2 Å². The van der Waals surface area contributed by atoms with Gasteiger partial charge in [0.1, 0.15) is 0 Å². The van der Waals surface area contributed by atoms with Gasteiger partial charge in [0.15, 0.2) is 0 Å². The second-order valence-corrected chi connectivity index (χ2v) is 5.75. The van der Waals surface area contributed by atoms with Gasteiger partial charge in [0.05, 0.1) is 17.3 Å². The molecule has 1 aliphatic rings. The van der Waals surface area contributed by atoms with Crippen LogP contribution < -0.4 is 4.90 Å². The highest BCUT2D eigenvalue weighted by atomic mass is 16.2. The van der Waals surface area contributed by atoms with Crippen LogP contribution in [0.5, 0.6) is 0 Å². The van der Waals surface area contributed by atoms with Gasteiger partial charge in [-0.3, -0.25) is 9.89 Å². The summed E-state index contributed by atoms with van der Waals surface area (Å²) in [4.78, 5) is 17.1. The molecule has 1 amide bonds. The number of piperazine rings is 1. The van der Waals surface area contributed by atoms with Crippen molar-refractivity contribution in [3.05, 3.63) is 60.3 Å². The van der Waals surface area contributed by atoms with E-state index < -0.39 is 0 Å². The number of carbonyl (C=O) groups is 1. The van der Waals surface area contributed by atoms with Crippen molar-refractivity contribution >= 4 is 22.5 Å². The quantitative estimate of drug-likeness (QED) is 0.791. The summed E-state index contributed by atoms with van der Waals surface area (Å²) in [6.45, 7) is 3.19. The van der Waals surface area contributed by atoms with E-state index in [1.54, 1.807) is 6.20 Å². The number of H-pyrrole nitrogens is 1. The molecule has 23 heavy (non-hydrogen) atoms. The maximum atomic E-state index is 12.8. The Labute approximate surface area is 134 Å². The molecule has 0 saturated carbocycles. The normalized spacial score (nSPS) is 15.1. The Morgan fingerprint density at radius 1 is 0.957 bits per heavy atom. The molecular formula is C18H18N4O. The highest BCUT2D eigenvalue weighted by Crippen LogP contribution is 2.20. The fourth-order valence-electron chi connectivity index (χ4n) is 3.13. The molecule has 4 rings (SSSR count). The second-order valence-electron chi connectivity index (χ2n) is 5.75. The summed E-state index contributed by atoms with van der Waals surface area (Å²) >= 11 is 0. The SMILES string of the molecule is O=C(c1cccc2[nH]ncc12)N1CCN(c2ccccc2)CC1. The maximum Gasteiger partial charge on any atom is 0.254 e. The van der Waals surface area contributed by atoms with Crippen molar-refractivity contribution in [1.82, 2.24) is 15.1 Å². The first kappa shape index (κ1) is 13.8. The third-order valence-electron chi connectivity index (χ3n) is 4.40. The highest BCUT2D eigenvalue weighted by Gasteiger charge is 2.23. The number of anilines is 1. The third-order valence-corrected chi connectivity index (χ3v) is 4.40. The average molecular weight is 306 g/mol. The van der Waals surface area contributed by atoms with Gasteiger partial charge in [-0.1, -0.05) is 24.3 Å². The van der Waals surface area contributed by atoms with E-state index in [9.17, 15) is 4.79 Å². The van der Waals surface area contributed by atoms with E-state index in [4.69, 9.17) is 0 Å². The summed E-state index contributed by atoms with van der Waals surface area (Å²) in [6.07, 6.45) is 1.72. The number of carbonyl (C=O) groups excluding carboxylic acids is 1. The number of hydrogen-bond acceptors (Lipinski definition) is 3. The predicted molar refractivity (Wildman–Crippen MR) is 90.7 cm³/mol. The van der Waals surface area contributed by atoms with Gasteiger partial charge in [-0.25, -0.2) is 0 Å². The molecule has 5 heteroatoms. The van der Waals surface area contributed by atoms with Gasteiger partial charge < -0.3 is 9.80 Å².